The van der Waals surface area contributed by atoms with Crippen molar-refractivity contribution in [2.24, 2.45) is 0 Å². The number of hydrogen-bond donors (Lipinski definition) is 1. The molecule has 1 amide bonds. The summed E-state index contributed by atoms with van der Waals surface area (Å²) in [6, 6.07) is 13.6. The Hall–Kier alpha value is -2.25. The third kappa shape index (κ3) is 4.79. The third-order valence-electron chi connectivity index (χ3n) is 2.49. The number of carbonyl (C=O) groups is 1. The first-order valence-corrected chi connectivity index (χ1v) is 7.05. The summed E-state index contributed by atoms with van der Waals surface area (Å²) in [6.07, 6.45) is -0.453. The molecule has 102 valence electrons. The highest BCUT2D eigenvalue weighted by atomic mass is 32.1. The SMILES string of the molecule is Cc1ccc(C#CCNC(=O)OCc2ccccc2)s1. The number of ether oxygens (including phenoxy) is 1. The predicted molar refractivity (Wildman–Crippen MR) is 80.6 cm³/mol. The largest absolute Gasteiger partial charge is 0.445 e. The second-order valence-electron chi connectivity index (χ2n) is 4.13. The van der Waals surface area contributed by atoms with E-state index >= 15 is 0 Å². The molecular formula is C16H15NO2S. The Morgan fingerprint density at radius 1 is 1.25 bits per heavy atom. The molecule has 2 rings (SSSR count). The first-order valence-electron chi connectivity index (χ1n) is 6.24. The van der Waals surface area contributed by atoms with Gasteiger partial charge >= 0.3 is 6.09 Å². The van der Waals surface area contributed by atoms with Crippen LogP contribution in [0, 0.1) is 18.8 Å². The van der Waals surface area contributed by atoms with E-state index in [9.17, 15) is 4.79 Å². The minimum atomic E-state index is -0.453. The normalized spacial score (nSPS) is 9.45. The van der Waals surface area contributed by atoms with Crippen LogP contribution in [0.1, 0.15) is 15.3 Å². The highest BCUT2D eigenvalue weighted by molar-refractivity contribution is 7.12. The Balaban J connectivity index is 1.69. The fourth-order valence-corrected chi connectivity index (χ4v) is 2.27. The Morgan fingerprint density at radius 3 is 2.75 bits per heavy atom. The van der Waals surface area contributed by atoms with Crippen molar-refractivity contribution in [1.29, 1.82) is 0 Å². The Labute approximate surface area is 122 Å². The molecule has 0 saturated heterocycles. The predicted octanol–water partition coefficient (Wildman–Crippen LogP) is 3.33. The van der Waals surface area contributed by atoms with Gasteiger partial charge in [0.1, 0.15) is 6.61 Å². The average molecular weight is 285 g/mol. The summed E-state index contributed by atoms with van der Waals surface area (Å²) < 4.78 is 5.07. The number of hydrogen-bond acceptors (Lipinski definition) is 3. The van der Waals surface area contributed by atoms with Gasteiger partial charge in [0, 0.05) is 4.88 Å². The van der Waals surface area contributed by atoms with E-state index in [-0.39, 0.29) is 13.2 Å². The van der Waals surface area contributed by atoms with Crippen LogP contribution >= 0.6 is 11.3 Å². The van der Waals surface area contributed by atoms with Crippen molar-refractivity contribution < 1.29 is 9.53 Å². The van der Waals surface area contributed by atoms with Crippen LogP contribution in [0.25, 0.3) is 0 Å². The number of alkyl carbamates (subject to hydrolysis) is 1. The second kappa shape index (κ2) is 7.37. The third-order valence-corrected chi connectivity index (χ3v) is 3.40. The van der Waals surface area contributed by atoms with Gasteiger partial charge in [-0.25, -0.2) is 4.79 Å². The van der Waals surface area contributed by atoms with Crippen molar-refractivity contribution >= 4 is 17.4 Å². The number of thiophene rings is 1. The zero-order valence-electron chi connectivity index (χ0n) is 11.2. The number of rotatable bonds is 3. The molecule has 0 radical (unpaired) electrons. The van der Waals surface area contributed by atoms with Crippen LogP contribution < -0.4 is 5.32 Å². The number of carbonyl (C=O) groups excluding carboxylic acids is 1. The van der Waals surface area contributed by atoms with Crippen LogP contribution in [-0.2, 0) is 11.3 Å². The highest BCUT2D eigenvalue weighted by Crippen LogP contribution is 2.12. The maximum Gasteiger partial charge on any atom is 0.408 e. The number of aryl methyl sites for hydroxylation is 1. The van der Waals surface area contributed by atoms with E-state index in [1.807, 2.05) is 49.4 Å². The monoisotopic (exact) mass is 285 g/mol. The van der Waals surface area contributed by atoms with Crippen LogP contribution in [0.15, 0.2) is 42.5 Å². The smallest absolute Gasteiger partial charge is 0.408 e. The molecule has 0 aliphatic rings. The topological polar surface area (TPSA) is 38.3 Å². The first-order chi connectivity index (χ1) is 9.74. The molecule has 1 heterocycles. The van der Waals surface area contributed by atoms with E-state index in [0.717, 1.165) is 10.4 Å². The molecule has 2 aromatic rings. The molecule has 0 fully saturated rings. The van der Waals surface area contributed by atoms with Gasteiger partial charge in [-0.15, -0.1) is 11.3 Å². The van der Waals surface area contributed by atoms with Gasteiger partial charge in [0.2, 0.25) is 0 Å². The lowest BCUT2D eigenvalue weighted by molar-refractivity contribution is 0.141. The zero-order chi connectivity index (χ0) is 14.2. The van der Waals surface area contributed by atoms with Gasteiger partial charge < -0.3 is 10.1 Å². The van der Waals surface area contributed by atoms with Gasteiger partial charge in [0.25, 0.3) is 0 Å². The summed E-state index contributed by atoms with van der Waals surface area (Å²) in [5.41, 5.74) is 0.961. The van der Waals surface area contributed by atoms with Gasteiger partial charge in [0.15, 0.2) is 0 Å². The summed E-state index contributed by atoms with van der Waals surface area (Å²) >= 11 is 1.64. The van der Waals surface area contributed by atoms with Gasteiger partial charge in [0.05, 0.1) is 11.4 Å². The summed E-state index contributed by atoms with van der Waals surface area (Å²) in [5, 5.41) is 2.60. The van der Waals surface area contributed by atoms with E-state index in [4.69, 9.17) is 4.74 Å². The molecule has 0 bridgehead atoms. The number of amides is 1. The lowest BCUT2D eigenvalue weighted by Gasteiger charge is -2.04. The van der Waals surface area contributed by atoms with Crippen molar-refractivity contribution in [3.8, 4) is 11.8 Å². The van der Waals surface area contributed by atoms with E-state index in [0.29, 0.717) is 0 Å². The van der Waals surface area contributed by atoms with Crippen LogP contribution in [0.2, 0.25) is 0 Å². The van der Waals surface area contributed by atoms with Crippen molar-refractivity contribution in [2.75, 3.05) is 6.54 Å². The summed E-state index contributed by atoms with van der Waals surface area (Å²) in [5.74, 6) is 5.89. The maximum atomic E-state index is 11.4. The Morgan fingerprint density at radius 2 is 2.05 bits per heavy atom. The van der Waals surface area contributed by atoms with E-state index in [1.165, 1.54) is 4.88 Å². The maximum absolute atomic E-state index is 11.4. The van der Waals surface area contributed by atoms with Crippen molar-refractivity contribution in [1.82, 2.24) is 5.32 Å². The summed E-state index contributed by atoms with van der Waals surface area (Å²) in [7, 11) is 0. The molecule has 20 heavy (non-hydrogen) atoms. The fraction of sp³-hybridized carbons (Fsp3) is 0.188. The van der Waals surface area contributed by atoms with Crippen molar-refractivity contribution in [2.45, 2.75) is 13.5 Å². The first kappa shape index (κ1) is 14.2. The number of nitrogens with one attached hydrogen (secondary N) is 1. The fourth-order valence-electron chi connectivity index (χ4n) is 1.52. The molecule has 0 saturated carbocycles. The lowest BCUT2D eigenvalue weighted by Crippen LogP contribution is -2.24. The minimum Gasteiger partial charge on any atom is -0.445 e. The van der Waals surface area contributed by atoms with Crippen LogP contribution in [0.5, 0.6) is 0 Å². The number of benzene rings is 1. The van der Waals surface area contributed by atoms with Crippen molar-refractivity contribution in [3.63, 3.8) is 0 Å². The standard InChI is InChI=1S/C16H15NO2S/c1-13-9-10-15(20-13)8-5-11-17-16(18)19-12-14-6-3-2-4-7-14/h2-4,6-7,9-10H,11-12H2,1H3,(H,17,18). The average Bonchev–Trinajstić information content (AvgIpc) is 2.88. The van der Waals surface area contributed by atoms with E-state index in [1.54, 1.807) is 11.3 Å². The molecule has 0 spiro atoms. The van der Waals surface area contributed by atoms with Gasteiger partial charge in [-0.05, 0) is 24.6 Å². The van der Waals surface area contributed by atoms with Crippen LogP contribution in [0.3, 0.4) is 0 Å². The minimum absolute atomic E-state index is 0.268. The lowest BCUT2D eigenvalue weighted by atomic mass is 10.2. The summed E-state index contributed by atoms with van der Waals surface area (Å²) in [6.45, 7) is 2.59. The molecule has 0 atom stereocenters. The molecule has 3 nitrogen and oxygen atoms in total. The molecule has 0 unspecified atom stereocenters. The molecule has 0 aliphatic heterocycles. The molecular weight excluding hydrogens is 270 g/mol. The quantitative estimate of drug-likeness (QED) is 0.878. The zero-order valence-corrected chi connectivity index (χ0v) is 12.0. The molecule has 4 heteroatoms. The Kier molecular flexibility index (Phi) is 5.22. The molecule has 0 aliphatic carbocycles. The highest BCUT2D eigenvalue weighted by Gasteiger charge is 2.00. The van der Waals surface area contributed by atoms with Crippen LogP contribution in [0.4, 0.5) is 4.79 Å². The van der Waals surface area contributed by atoms with Crippen molar-refractivity contribution in [3.05, 3.63) is 57.8 Å². The summed E-state index contributed by atoms with van der Waals surface area (Å²) in [4.78, 5) is 13.7. The van der Waals surface area contributed by atoms with Crippen LogP contribution in [-0.4, -0.2) is 12.6 Å². The van der Waals surface area contributed by atoms with Gasteiger partial charge in [-0.3, -0.25) is 0 Å². The van der Waals surface area contributed by atoms with Gasteiger partial charge in [-0.2, -0.15) is 0 Å². The second-order valence-corrected chi connectivity index (χ2v) is 5.42. The molecule has 1 N–H and O–H groups in total. The van der Waals surface area contributed by atoms with Gasteiger partial charge in [-0.1, -0.05) is 42.2 Å². The molecule has 1 aromatic carbocycles. The van der Waals surface area contributed by atoms with E-state index in [2.05, 4.69) is 17.2 Å². The Bertz CT molecular complexity index is 623. The van der Waals surface area contributed by atoms with E-state index < -0.39 is 6.09 Å². The molecule has 1 aromatic heterocycles.